The van der Waals surface area contributed by atoms with E-state index in [4.69, 9.17) is 0 Å². The van der Waals surface area contributed by atoms with Crippen LogP contribution in [0, 0.1) is 19.7 Å². The number of hydrogen-bond donors (Lipinski definition) is 0. The number of hydrogen-bond acceptors (Lipinski definition) is 1. The standard InChI is InChI=1S/C17H15FN2.2C2H6/c1-12-6-7-13(2)20(12)17-5-3-4-16(19-17)14-8-10-15(18)11-9-14;2*1-2/h3-11H,1-2H3;2*1-2H3. The van der Waals surface area contributed by atoms with E-state index in [0.29, 0.717) is 0 Å². The zero-order valence-corrected chi connectivity index (χ0v) is 15.5. The van der Waals surface area contributed by atoms with Gasteiger partial charge in [-0.3, -0.25) is 0 Å². The maximum Gasteiger partial charge on any atom is 0.137 e. The molecule has 0 unspecified atom stereocenters. The van der Waals surface area contributed by atoms with Gasteiger partial charge in [-0.1, -0.05) is 33.8 Å². The third-order valence-electron chi connectivity index (χ3n) is 3.37. The maximum atomic E-state index is 13.0. The monoisotopic (exact) mass is 326 g/mol. The number of nitrogens with zero attached hydrogens (tertiary/aromatic N) is 2. The summed E-state index contributed by atoms with van der Waals surface area (Å²) >= 11 is 0. The summed E-state index contributed by atoms with van der Waals surface area (Å²) in [4.78, 5) is 4.68. The molecule has 2 nitrogen and oxygen atoms in total. The lowest BCUT2D eigenvalue weighted by Gasteiger charge is -2.10. The second kappa shape index (κ2) is 9.66. The van der Waals surface area contributed by atoms with Crippen LogP contribution in [0.15, 0.2) is 54.6 Å². The van der Waals surface area contributed by atoms with E-state index < -0.39 is 0 Å². The van der Waals surface area contributed by atoms with Crippen molar-refractivity contribution in [3.8, 4) is 17.1 Å². The molecule has 0 aliphatic heterocycles. The predicted molar refractivity (Wildman–Crippen MR) is 101 cm³/mol. The molecule has 0 atom stereocenters. The van der Waals surface area contributed by atoms with Crippen LogP contribution in [0.1, 0.15) is 39.1 Å². The Bertz CT molecular complexity index is 723. The summed E-state index contributed by atoms with van der Waals surface area (Å²) in [6.45, 7) is 12.1. The zero-order chi connectivity index (χ0) is 18.1. The van der Waals surface area contributed by atoms with Crippen molar-refractivity contribution in [2.24, 2.45) is 0 Å². The molecule has 3 rings (SSSR count). The van der Waals surface area contributed by atoms with Crippen LogP contribution < -0.4 is 0 Å². The largest absolute Gasteiger partial charge is 0.303 e. The normalized spacial score (nSPS) is 9.46. The predicted octanol–water partition coefficient (Wildman–Crippen LogP) is 6.35. The van der Waals surface area contributed by atoms with Gasteiger partial charge in [0.25, 0.3) is 0 Å². The molecule has 0 bridgehead atoms. The lowest BCUT2D eigenvalue weighted by molar-refractivity contribution is 0.628. The summed E-state index contributed by atoms with van der Waals surface area (Å²) in [5.74, 6) is 0.647. The van der Waals surface area contributed by atoms with Gasteiger partial charge in [0, 0.05) is 17.0 Å². The third kappa shape index (κ3) is 4.54. The molecular formula is C21H27FN2. The van der Waals surface area contributed by atoms with Crippen LogP contribution in [-0.2, 0) is 0 Å². The van der Waals surface area contributed by atoms with Crippen molar-refractivity contribution in [3.05, 3.63) is 71.8 Å². The Hall–Kier alpha value is -2.42. The second-order valence-corrected chi connectivity index (χ2v) is 4.84. The van der Waals surface area contributed by atoms with Gasteiger partial charge in [0.1, 0.15) is 11.6 Å². The highest BCUT2D eigenvalue weighted by molar-refractivity contribution is 5.60. The zero-order valence-electron chi connectivity index (χ0n) is 15.5. The summed E-state index contributed by atoms with van der Waals surface area (Å²) in [5, 5.41) is 0. The van der Waals surface area contributed by atoms with Crippen molar-refractivity contribution in [1.82, 2.24) is 9.55 Å². The fourth-order valence-electron chi connectivity index (χ4n) is 2.36. The minimum absolute atomic E-state index is 0.234. The molecule has 0 radical (unpaired) electrons. The number of rotatable bonds is 2. The quantitative estimate of drug-likeness (QED) is 0.536. The van der Waals surface area contributed by atoms with Gasteiger partial charge in [0.15, 0.2) is 0 Å². The third-order valence-corrected chi connectivity index (χ3v) is 3.37. The summed E-state index contributed by atoms with van der Waals surface area (Å²) in [6.07, 6.45) is 0. The second-order valence-electron chi connectivity index (χ2n) is 4.84. The van der Waals surface area contributed by atoms with Crippen LogP contribution in [0.25, 0.3) is 17.1 Å². The first-order chi connectivity index (χ1) is 11.6. The van der Waals surface area contributed by atoms with E-state index in [1.165, 1.54) is 12.1 Å². The van der Waals surface area contributed by atoms with Gasteiger partial charge < -0.3 is 4.57 Å². The Balaban J connectivity index is 0.000000671. The van der Waals surface area contributed by atoms with E-state index in [9.17, 15) is 4.39 Å². The SMILES string of the molecule is CC.CC.Cc1ccc(C)n1-c1cccc(-c2ccc(F)cc2)n1. The Morgan fingerprint density at radius 2 is 1.29 bits per heavy atom. The molecule has 0 fully saturated rings. The highest BCUT2D eigenvalue weighted by Crippen LogP contribution is 2.21. The van der Waals surface area contributed by atoms with Gasteiger partial charge in [-0.2, -0.15) is 0 Å². The molecule has 0 aliphatic rings. The van der Waals surface area contributed by atoms with Gasteiger partial charge >= 0.3 is 0 Å². The van der Waals surface area contributed by atoms with Crippen molar-refractivity contribution in [2.45, 2.75) is 41.5 Å². The average Bonchev–Trinajstić information content (AvgIpc) is 2.98. The van der Waals surface area contributed by atoms with Crippen molar-refractivity contribution < 1.29 is 4.39 Å². The topological polar surface area (TPSA) is 17.8 Å². The average molecular weight is 326 g/mol. The molecule has 3 aromatic rings. The minimum atomic E-state index is -0.234. The van der Waals surface area contributed by atoms with E-state index >= 15 is 0 Å². The maximum absolute atomic E-state index is 13.0. The summed E-state index contributed by atoms with van der Waals surface area (Å²) in [7, 11) is 0. The molecule has 0 N–H and O–H groups in total. The van der Waals surface area contributed by atoms with Crippen molar-refractivity contribution >= 4 is 0 Å². The molecule has 2 heterocycles. The van der Waals surface area contributed by atoms with Gasteiger partial charge in [-0.15, -0.1) is 0 Å². The first-order valence-electron chi connectivity index (χ1n) is 8.53. The molecule has 128 valence electrons. The highest BCUT2D eigenvalue weighted by Gasteiger charge is 2.07. The molecule has 24 heavy (non-hydrogen) atoms. The van der Waals surface area contributed by atoms with E-state index in [1.807, 2.05) is 45.9 Å². The molecule has 1 aromatic carbocycles. The van der Waals surface area contributed by atoms with E-state index in [0.717, 1.165) is 28.5 Å². The molecular weight excluding hydrogens is 299 g/mol. The Morgan fingerprint density at radius 1 is 0.750 bits per heavy atom. The number of aryl methyl sites for hydroxylation is 2. The van der Waals surface area contributed by atoms with Crippen LogP contribution in [0.5, 0.6) is 0 Å². The number of halogens is 1. The first-order valence-corrected chi connectivity index (χ1v) is 8.53. The molecule has 0 amide bonds. The molecule has 0 spiro atoms. The Kier molecular flexibility index (Phi) is 7.90. The lowest BCUT2D eigenvalue weighted by Crippen LogP contribution is -2.02. The van der Waals surface area contributed by atoms with Crippen molar-refractivity contribution in [2.75, 3.05) is 0 Å². The molecule has 0 saturated heterocycles. The van der Waals surface area contributed by atoms with Gasteiger partial charge in [-0.25, -0.2) is 9.37 Å². The Labute approximate surface area is 145 Å². The lowest BCUT2D eigenvalue weighted by atomic mass is 10.1. The van der Waals surface area contributed by atoms with Crippen LogP contribution in [0.4, 0.5) is 4.39 Å². The van der Waals surface area contributed by atoms with Gasteiger partial charge in [-0.05, 0) is 62.4 Å². The van der Waals surface area contributed by atoms with Crippen molar-refractivity contribution in [1.29, 1.82) is 0 Å². The molecule has 0 saturated carbocycles. The summed E-state index contributed by atoms with van der Waals surface area (Å²) in [5.41, 5.74) is 4.04. The number of pyridine rings is 1. The van der Waals surface area contributed by atoms with E-state index in [-0.39, 0.29) is 5.82 Å². The Morgan fingerprint density at radius 3 is 1.83 bits per heavy atom. The van der Waals surface area contributed by atoms with Crippen LogP contribution in [0.2, 0.25) is 0 Å². The number of aromatic nitrogens is 2. The van der Waals surface area contributed by atoms with Gasteiger partial charge in [0.2, 0.25) is 0 Å². The van der Waals surface area contributed by atoms with Crippen LogP contribution in [-0.4, -0.2) is 9.55 Å². The first kappa shape index (κ1) is 19.6. The smallest absolute Gasteiger partial charge is 0.137 e. The van der Waals surface area contributed by atoms with E-state index in [1.54, 1.807) is 12.1 Å². The molecule has 3 heteroatoms. The van der Waals surface area contributed by atoms with Crippen LogP contribution >= 0.6 is 0 Å². The summed E-state index contributed by atoms with van der Waals surface area (Å²) in [6, 6.07) is 16.4. The van der Waals surface area contributed by atoms with Crippen molar-refractivity contribution in [3.63, 3.8) is 0 Å². The highest BCUT2D eigenvalue weighted by atomic mass is 19.1. The fourth-order valence-corrected chi connectivity index (χ4v) is 2.36. The van der Waals surface area contributed by atoms with Gasteiger partial charge in [0.05, 0.1) is 5.69 Å². The summed E-state index contributed by atoms with van der Waals surface area (Å²) < 4.78 is 15.1. The fraction of sp³-hybridized carbons (Fsp3) is 0.286. The minimum Gasteiger partial charge on any atom is -0.303 e. The van der Waals surface area contributed by atoms with E-state index in [2.05, 4.69) is 35.5 Å². The molecule has 2 aromatic heterocycles. The van der Waals surface area contributed by atoms with Crippen LogP contribution in [0.3, 0.4) is 0 Å². The molecule has 0 aliphatic carbocycles. The number of benzene rings is 1.